The van der Waals surface area contributed by atoms with Crippen LogP contribution in [-0.2, 0) is 9.53 Å². The van der Waals surface area contributed by atoms with Crippen LogP contribution in [0.15, 0.2) is 48.5 Å². The van der Waals surface area contributed by atoms with Gasteiger partial charge in [-0.2, -0.15) is 0 Å². The summed E-state index contributed by atoms with van der Waals surface area (Å²) in [5.41, 5.74) is 3.36. The summed E-state index contributed by atoms with van der Waals surface area (Å²) in [6.45, 7) is 5.72. The molecule has 3 rings (SSSR count). The smallest absolute Gasteiger partial charge is 0.251 e. The van der Waals surface area contributed by atoms with E-state index in [1.54, 1.807) is 24.3 Å². The molecule has 6 nitrogen and oxygen atoms in total. The zero-order valence-electron chi connectivity index (χ0n) is 17.0. The van der Waals surface area contributed by atoms with Crippen LogP contribution in [0.25, 0.3) is 0 Å². The summed E-state index contributed by atoms with van der Waals surface area (Å²) in [4.78, 5) is 24.5. The number of carbonyl (C=O) groups is 2. The molecule has 29 heavy (non-hydrogen) atoms. The normalized spacial score (nSPS) is 15.9. The van der Waals surface area contributed by atoms with Crippen LogP contribution in [0.4, 0.5) is 11.4 Å². The van der Waals surface area contributed by atoms with Crippen molar-refractivity contribution in [2.75, 3.05) is 30.3 Å². The highest BCUT2D eigenvalue weighted by Gasteiger charge is 2.16. The Bertz CT molecular complexity index is 828. The summed E-state index contributed by atoms with van der Waals surface area (Å²) < 4.78 is 5.51. The van der Waals surface area contributed by atoms with E-state index in [-0.39, 0.29) is 24.5 Å². The second-order valence-electron chi connectivity index (χ2n) is 7.57. The molecule has 154 valence electrons. The molecule has 2 aromatic rings. The van der Waals surface area contributed by atoms with E-state index >= 15 is 0 Å². The van der Waals surface area contributed by atoms with Gasteiger partial charge in [0.1, 0.15) is 0 Å². The van der Waals surface area contributed by atoms with Crippen LogP contribution in [0.2, 0.25) is 0 Å². The maximum absolute atomic E-state index is 12.3. The second-order valence-corrected chi connectivity index (χ2v) is 7.57. The molecule has 0 spiro atoms. The number of benzene rings is 2. The lowest BCUT2D eigenvalue weighted by Gasteiger charge is -2.14. The minimum absolute atomic E-state index is 0.117. The molecule has 1 saturated heterocycles. The Labute approximate surface area is 172 Å². The van der Waals surface area contributed by atoms with Crippen LogP contribution in [0.1, 0.15) is 48.5 Å². The van der Waals surface area contributed by atoms with Gasteiger partial charge < -0.3 is 20.7 Å². The molecule has 2 aromatic carbocycles. The summed E-state index contributed by atoms with van der Waals surface area (Å²) in [6, 6.07) is 14.9. The van der Waals surface area contributed by atoms with E-state index in [1.807, 2.05) is 18.2 Å². The Morgan fingerprint density at radius 1 is 1.10 bits per heavy atom. The number of nitrogens with one attached hydrogen (secondary N) is 3. The van der Waals surface area contributed by atoms with Crippen molar-refractivity contribution >= 4 is 23.2 Å². The zero-order valence-corrected chi connectivity index (χ0v) is 17.0. The number of anilines is 2. The summed E-state index contributed by atoms with van der Waals surface area (Å²) in [7, 11) is 0. The van der Waals surface area contributed by atoms with Gasteiger partial charge in [0, 0.05) is 30.1 Å². The largest absolute Gasteiger partial charge is 0.376 e. The standard InChI is InChI=1S/C23H29N3O3/c1-16(2)20-7-3-4-8-21(20)24-15-22(27)26-18-11-9-17(10-12-18)23(28)25-14-19-6-5-13-29-19/h3-4,7-12,16,19,24H,5-6,13-15H2,1-2H3,(H,25,28)(H,26,27). The highest BCUT2D eigenvalue weighted by Crippen LogP contribution is 2.23. The topological polar surface area (TPSA) is 79.5 Å². The van der Waals surface area contributed by atoms with Gasteiger partial charge in [-0.05, 0) is 54.7 Å². The van der Waals surface area contributed by atoms with Crippen LogP contribution < -0.4 is 16.0 Å². The maximum atomic E-state index is 12.3. The van der Waals surface area contributed by atoms with E-state index in [9.17, 15) is 9.59 Å². The quantitative estimate of drug-likeness (QED) is 0.636. The first-order valence-corrected chi connectivity index (χ1v) is 10.2. The average Bonchev–Trinajstić information content (AvgIpc) is 3.25. The maximum Gasteiger partial charge on any atom is 0.251 e. The van der Waals surface area contributed by atoms with E-state index in [0.29, 0.717) is 23.7 Å². The summed E-state index contributed by atoms with van der Waals surface area (Å²) in [6.07, 6.45) is 2.15. The van der Waals surface area contributed by atoms with Crippen molar-refractivity contribution in [3.8, 4) is 0 Å². The minimum atomic E-state index is -0.140. The van der Waals surface area contributed by atoms with Crippen LogP contribution in [-0.4, -0.2) is 37.6 Å². The lowest BCUT2D eigenvalue weighted by atomic mass is 10.0. The van der Waals surface area contributed by atoms with Crippen molar-refractivity contribution < 1.29 is 14.3 Å². The summed E-state index contributed by atoms with van der Waals surface area (Å²) in [5, 5.41) is 8.94. The van der Waals surface area contributed by atoms with Crippen molar-refractivity contribution in [3.63, 3.8) is 0 Å². The molecule has 1 fully saturated rings. The molecular formula is C23H29N3O3. The summed E-state index contributed by atoms with van der Waals surface area (Å²) >= 11 is 0. The summed E-state index contributed by atoms with van der Waals surface area (Å²) in [5.74, 6) is 0.102. The van der Waals surface area contributed by atoms with Crippen LogP contribution in [0.5, 0.6) is 0 Å². The predicted octanol–water partition coefficient (Wildman–Crippen LogP) is 3.77. The van der Waals surface area contributed by atoms with Crippen LogP contribution in [0.3, 0.4) is 0 Å². The molecule has 1 heterocycles. The fourth-order valence-corrected chi connectivity index (χ4v) is 3.36. The number of hydrogen-bond acceptors (Lipinski definition) is 4. The molecule has 0 bridgehead atoms. The van der Waals surface area contributed by atoms with Gasteiger partial charge in [-0.15, -0.1) is 0 Å². The molecule has 0 radical (unpaired) electrons. The number of para-hydroxylation sites is 1. The number of hydrogen-bond donors (Lipinski definition) is 3. The molecule has 3 N–H and O–H groups in total. The van der Waals surface area contributed by atoms with Crippen molar-refractivity contribution in [1.82, 2.24) is 5.32 Å². The molecule has 1 aliphatic heterocycles. The highest BCUT2D eigenvalue weighted by atomic mass is 16.5. The van der Waals surface area contributed by atoms with Crippen LogP contribution in [0, 0.1) is 0 Å². The van der Waals surface area contributed by atoms with Gasteiger partial charge in [0.25, 0.3) is 5.91 Å². The molecule has 0 saturated carbocycles. The number of ether oxygens (including phenoxy) is 1. The molecule has 1 aliphatic rings. The van der Waals surface area contributed by atoms with Crippen molar-refractivity contribution in [2.45, 2.75) is 38.7 Å². The van der Waals surface area contributed by atoms with Gasteiger partial charge in [0.2, 0.25) is 5.91 Å². The monoisotopic (exact) mass is 395 g/mol. The van der Waals surface area contributed by atoms with Gasteiger partial charge in [-0.1, -0.05) is 32.0 Å². The first kappa shape index (κ1) is 20.9. The lowest BCUT2D eigenvalue weighted by molar-refractivity contribution is -0.114. The molecular weight excluding hydrogens is 366 g/mol. The molecule has 1 unspecified atom stereocenters. The second kappa shape index (κ2) is 10.1. The Morgan fingerprint density at radius 2 is 1.86 bits per heavy atom. The Hall–Kier alpha value is -2.86. The Balaban J connectivity index is 1.47. The van der Waals surface area contributed by atoms with Crippen molar-refractivity contribution in [3.05, 3.63) is 59.7 Å². The third-order valence-corrected chi connectivity index (χ3v) is 4.97. The van der Waals surface area contributed by atoms with E-state index in [4.69, 9.17) is 4.74 Å². The molecule has 0 aliphatic carbocycles. The van der Waals surface area contributed by atoms with Gasteiger partial charge in [-0.3, -0.25) is 9.59 Å². The molecule has 1 atom stereocenters. The molecule has 6 heteroatoms. The van der Waals surface area contributed by atoms with Crippen LogP contribution >= 0.6 is 0 Å². The van der Waals surface area contributed by atoms with E-state index in [1.165, 1.54) is 5.56 Å². The van der Waals surface area contributed by atoms with Gasteiger partial charge in [0.05, 0.1) is 12.6 Å². The van der Waals surface area contributed by atoms with E-state index < -0.39 is 0 Å². The number of rotatable bonds is 8. The fourth-order valence-electron chi connectivity index (χ4n) is 3.36. The third-order valence-electron chi connectivity index (χ3n) is 4.97. The molecule has 0 aromatic heterocycles. The number of amides is 2. The van der Waals surface area contributed by atoms with Gasteiger partial charge in [0.15, 0.2) is 0 Å². The molecule has 2 amide bonds. The Morgan fingerprint density at radius 3 is 2.55 bits per heavy atom. The van der Waals surface area contributed by atoms with Gasteiger partial charge in [-0.25, -0.2) is 0 Å². The number of carbonyl (C=O) groups excluding carboxylic acids is 2. The van der Waals surface area contributed by atoms with Gasteiger partial charge >= 0.3 is 0 Å². The van der Waals surface area contributed by atoms with Crippen molar-refractivity contribution in [2.24, 2.45) is 0 Å². The Kier molecular flexibility index (Phi) is 7.25. The highest BCUT2D eigenvalue weighted by molar-refractivity contribution is 5.96. The lowest BCUT2D eigenvalue weighted by Crippen LogP contribution is -2.31. The van der Waals surface area contributed by atoms with E-state index in [0.717, 1.165) is 25.1 Å². The predicted molar refractivity (Wildman–Crippen MR) is 115 cm³/mol. The first-order valence-electron chi connectivity index (χ1n) is 10.2. The van der Waals surface area contributed by atoms with E-state index in [2.05, 4.69) is 35.9 Å². The first-order chi connectivity index (χ1) is 14.0. The zero-order chi connectivity index (χ0) is 20.6. The minimum Gasteiger partial charge on any atom is -0.376 e. The average molecular weight is 396 g/mol. The van der Waals surface area contributed by atoms with Crippen molar-refractivity contribution in [1.29, 1.82) is 0 Å². The SMILES string of the molecule is CC(C)c1ccccc1NCC(=O)Nc1ccc(C(=O)NCC2CCCO2)cc1. The fraction of sp³-hybridized carbons (Fsp3) is 0.391. The third kappa shape index (κ3) is 6.06.